The van der Waals surface area contributed by atoms with Crippen molar-refractivity contribution in [2.24, 2.45) is 5.92 Å². The Labute approximate surface area is 124 Å². The van der Waals surface area contributed by atoms with E-state index in [1.54, 1.807) is 11.3 Å². The monoisotopic (exact) mass is 293 g/mol. The lowest BCUT2D eigenvalue weighted by Crippen LogP contribution is -2.26. The van der Waals surface area contributed by atoms with Crippen LogP contribution in [0.5, 0.6) is 0 Å². The molecule has 0 bridgehead atoms. The first kappa shape index (κ1) is 14.0. The Balaban J connectivity index is 1.52. The van der Waals surface area contributed by atoms with Gasteiger partial charge in [0.15, 0.2) is 5.13 Å². The highest BCUT2D eigenvalue weighted by atomic mass is 32.1. The molecule has 1 saturated carbocycles. The standard InChI is InChI=1S/C15H23N3OS/c19-14(9-11-3-1-2-4-11)18-15-17-10-13(20-15)12-5-7-16-8-6-12/h10-12,16H,1-9H2,(H,17,18,19). The van der Waals surface area contributed by atoms with Crippen molar-refractivity contribution in [3.05, 3.63) is 11.1 Å². The number of nitrogens with one attached hydrogen (secondary N) is 2. The average molecular weight is 293 g/mol. The largest absolute Gasteiger partial charge is 0.317 e. The summed E-state index contributed by atoms with van der Waals surface area (Å²) in [4.78, 5) is 17.7. The number of hydrogen-bond acceptors (Lipinski definition) is 4. The number of thiazole rings is 1. The Morgan fingerprint density at radius 2 is 2.05 bits per heavy atom. The number of piperidine rings is 1. The first-order valence-electron chi connectivity index (χ1n) is 7.77. The molecule has 2 aliphatic rings. The summed E-state index contributed by atoms with van der Waals surface area (Å²) in [7, 11) is 0. The molecule has 1 aromatic heterocycles. The zero-order chi connectivity index (χ0) is 13.8. The van der Waals surface area contributed by atoms with E-state index in [1.807, 2.05) is 6.20 Å². The minimum absolute atomic E-state index is 0.142. The fourth-order valence-corrected chi connectivity index (χ4v) is 4.29. The van der Waals surface area contributed by atoms with Gasteiger partial charge in [-0.15, -0.1) is 11.3 Å². The van der Waals surface area contributed by atoms with Crippen LogP contribution in [0.15, 0.2) is 6.20 Å². The topological polar surface area (TPSA) is 54.0 Å². The molecule has 2 heterocycles. The molecule has 0 spiro atoms. The quantitative estimate of drug-likeness (QED) is 0.896. The van der Waals surface area contributed by atoms with Crippen LogP contribution in [0.25, 0.3) is 0 Å². The fraction of sp³-hybridized carbons (Fsp3) is 0.733. The van der Waals surface area contributed by atoms with E-state index in [1.165, 1.54) is 43.4 Å². The van der Waals surface area contributed by atoms with Crippen LogP contribution >= 0.6 is 11.3 Å². The van der Waals surface area contributed by atoms with Gasteiger partial charge >= 0.3 is 0 Å². The van der Waals surface area contributed by atoms with Gasteiger partial charge in [0.05, 0.1) is 0 Å². The summed E-state index contributed by atoms with van der Waals surface area (Å²) in [5, 5.41) is 7.14. The number of carbonyl (C=O) groups excluding carboxylic acids is 1. The highest BCUT2D eigenvalue weighted by molar-refractivity contribution is 7.15. The molecule has 1 saturated heterocycles. The van der Waals surface area contributed by atoms with E-state index in [-0.39, 0.29) is 5.91 Å². The van der Waals surface area contributed by atoms with Gasteiger partial charge in [0.1, 0.15) is 0 Å². The highest BCUT2D eigenvalue weighted by Crippen LogP contribution is 2.32. The first-order chi connectivity index (χ1) is 9.81. The molecule has 110 valence electrons. The lowest BCUT2D eigenvalue weighted by atomic mass is 9.97. The Hall–Kier alpha value is -0.940. The van der Waals surface area contributed by atoms with Crippen LogP contribution in [0, 0.1) is 5.92 Å². The minimum atomic E-state index is 0.142. The summed E-state index contributed by atoms with van der Waals surface area (Å²) in [5.41, 5.74) is 0. The Morgan fingerprint density at radius 1 is 1.30 bits per heavy atom. The molecular formula is C15H23N3OS. The van der Waals surface area contributed by atoms with Gasteiger partial charge in [0, 0.05) is 17.5 Å². The lowest BCUT2D eigenvalue weighted by molar-refractivity contribution is -0.117. The molecule has 1 aromatic rings. The van der Waals surface area contributed by atoms with Crippen LogP contribution in [-0.4, -0.2) is 24.0 Å². The fourth-order valence-electron chi connectivity index (χ4n) is 3.29. The van der Waals surface area contributed by atoms with Gasteiger partial charge < -0.3 is 10.6 Å². The summed E-state index contributed by atoms with van der Waals surface area (Å²) in [6.45, 7) is 2.18. The van der Waals surface area contributed by atoms with E-state index >= 15 is 0 Å². The molecule has 1 amide bonds. The second-order valence-electron chi connectivity index (χ2n) is 5.99. The third kappa shape index (κ3) is 3.58. The maximum Gasteiger partial charge on any atom is 0.226 e. The molecule has 0 aromatic carbocycles. The van der Waals surface area contributed by atoms with E-state index in [9.17, 15) is 4.79 Å². The summed E-state index contributed by atoms with van der Waals surface area (Å²) in [6.07, 6.45) is 9.98. The number of hydrogen-bond donors (Lipinski definition) is 2. The van der Waals surface area contributed by atoms with Crippen LogP contribution in [0.4, 0.5) is 5.13 Å². The van der Waals surface area contributed by atoms with Crippen LogP contribution in [0.1, 0.15) is 55.7 Å². The molecule has 0 radical (unpaired) electrons. The molecule has 5 heteroatoms. The lowest BCUT2D eigenvalue weighted by Gasteiger charge is -2.20. The van der Waals surface area contributed by atoms with Gasteiger partial charge in [-0.05, 0) is 50.6 Å². The molecule has 1 aliphatic carbocycles. The van der Waals surface area contributed by atoms with Crippen molar-refractivity contribution in [3.8, 4) is 0 Å². The van der Waals surface area contributed by atoms with Gasteiger partial charge in [0.2, 0.25) is 5.91 Å². The van der Waals surface area contributed by atoms with Crippen molar-refractivity contribution in [2.45, 2.75) is 50.9 Å². The number of rotatable bonds is 4. The molecule has 3 rings (SSSR count). The zero-order valence-electron chi connectivity index (χ0n) is 11.9. The van der Waals surface area contributed by atoms with E-state index in [2.05, 4.69) is 15.6 Å². The van der Waals surface area contributed by atoms with Crippen molar-refractivity contribution in [2.75, 3.05) is 18.4 Å². The molecule has 0 atom stereocenters. The van der Waals surface area contributed by atoms with Gasteiger partial charge in [-0.25, -0.2) is 4.98 Å². The van der Waals surface area contributed by atoms with E-state index < -0.39 is 0 Å². The van der Waals surface area contributed by atoms with Crippen molar-refractivity contribution in [1.29, 1.82) is 0 Å². The van der Waals surface area contributed by atoms with Gasteiger partial charge in [0.25, 0.3) is 0 Å². The number of nitrogens with zero attached hydrogens (tertiary/aromatic N) is 1. The van der Waals surface area contributed by atoms with Crippen LogP contribution in [-0.2, 0) is 4.79 Å². The maximum absolute atomic E-state index is 12.0. The SMILES string of the molecule is O=C(CC1CCCC1)Nc1ncc(C2CCNCC2)s1. The maximum atomic E-state index is 12.0. The van der Waals surface area contributed by atoms with E-state index in [0.717, 1.165) is 18.2 Å². The van der Waals surface area contributed by atoms with Crippen LogP contribution in [0.3, 0.4) is 0 Å². The number of carbonyl (C=O) groups is 1. The summed E-state index contributed by atoms with van der Waals surface area (Å²) >= 11 is 1.65. The van der Waals surface area contributed by atoms with Crippen LogP contribution < -0.4 is 10.6 Å². The normalized spacial score (nSPS) is 21.2. The summed E-state index contributed by atoms with van der Waals surface area (Å²) < 4.78 is 0. The third-order valence-electron chi connectivity index (χ3n) is 4.46. The third-order valence-corrected chi connectivity index (χ3v) is 5.54. The summed E-state index contributed by atoms with van der Waals surface area (Å²) in [6, 6.07) is 0. The molecule has 2 N–H and O–H groups in total. The Bertz CT molecular complexity index is 448. The van der Waals surface area contributed by atoms with E-state index in [4.69, 9.17) is 0 Å². The average Bonchev–Trinajstić information content (AvgIpc) is 3.11. The predicted molar refractivity (Wildman–Crippen MR) is 82.2 cm³/mol. The number of amides is 1. The second-order valence-corrected chi connectivity index (χ2v) is 7.06. The molecule has 2 fully saturated rings. The smallest absolute Gasteiger partial charge is 0.226 e. The van der Waals surface area contributed by atoms with Crippen molar-refractivity contribution in [1.82, 2.24) is 10.3 Å². The minimum Gasteiger partial charge on any atom is -0.317 e. The van der Waals surface area contributed by atoms with Crippen LogP contribution in [0.2, 0.25) is 0 Å². The molecule has 20 heavy (non-hydrogen) atoms. The molecule has 1 aliphatic heterocycles. The highest BCUT2D eigenvalue weighted by Gasteiger charge is 2.20. The van der Waals surface area contributed by atoms with Crippen molar-refractivity contribution >= 4 is 22.4 Å². The molecular weight excluding hydrogens is 270 g/mol. The first-order valence-corrected chi connectivity index (χ1v) is 8.59. The second kappa shape index (κ2) is 6.68. The predicted octanol–water partition coefficient (Wildman–Crippen LogP) is 3.13. The molecule has 0 unspecified atom stereocenters. The Morgan fingerprint density at radius 3 is 2.80 bits per heavy atom. The molecule has 4 nitrogen and oxygen atoms in total. The Kier molecular flexibility index (Phi) is 4.68. The van der Waals surface area contributed by atoms with E-state index in [0.29, 0.717) is 18.3 Å². The van der Waals surface area contributed by atoms with Gasteiger partial charge in [-0.1, -0.05) is 12.8 Å². The van der Waals surface area contributed by atoms with Gasteiger partial charge in [-0.2, -0.15) is 0 Å². The van der Waals surface area contributed by atoms with Gasteiger partial charge in [-0.3, -0.25) is 4.79 Å². The number of anilines is 1. The van der Waals surface area contributed by atoms with Crippen molar-refractivity contribution < 1.29 is 4.79 Å². The number of aromatic nitrogens is 1. The summed E-state index contributed by atoms with van der Waals surface area (Å²) in [5.74, 6) is 1.36. The zero-order valence-corrected chi connectivity index (χ0v) is 12.7. The van der Waals surface area contributed by atoms with Crippen molar-refractivity contribution in [3.63, 3.8) is 0 Å².